The Kier molecular flexibility index (Phi) is 7.86. The van der Waals surface area contributed by atoms with Gasteiger partial charge in [0.25, 0.3) is 18.3 Å². The van der Waals surface area contributed by atoms with Crippen LogP contribution in [0, 0.1) is 6.92 Å². The zero-order valence-electron chi connectivity index (χ0n) is 19.9. The number of hydrogen-bond acceptors (Lipinski definition) is 7. The number of rotatable bonds is 9. The standard InChI is InChI=1S/C26H20N2O10/c1-12-3-5-15(21(7-12)38-11-29)14-6-4-13(8-18(14)24(32)33)28-23(31)17-9-16(22(30)27-2)19(25(34)35)10-20(17)26(36)37/h3-11H,1-2H3,(H,27,30)(H,28,31)(H,32,33)(H,34,35)(H,36,37). The molecule has 0 fully saturated rings. The first-order valence-electron chi connectivity index (χ1n) is 10.7. The van der Waals surface area contributed by atoms with Gasteiger partial charge in [0.15, 0.2) is 0 Å². The van der Waals surface area contributed by atoms with Gasteiger partial charge in [0.1, 0.15) is 5.75 Å². The van der Waals surface area contributed by atoms with E-state index in [9.17, 15) is 44.1 Å². The van der Waals surface area contributed by atoms with Gasteiger partial charge < -0.3 is 30.7 Å². The third kappa shape index (κ3) is 5.49. The molecule has 5 N–H and O–H groups in total. The maximum absolute atomic E-state index is 13.0. The SMILES string of the molecule is CNC(=O)c1cc(C(=O)Nc2ccc(-c3ccc(C)cc3OC=O)c(C(=O)O)c2)c(C(=O)O)cc1C(=O)O. The van der Waals surface area contributed by atoms with Gasteiger partial charge in [-0.1, -0.05) is 18.2 Å². The molecule has 12 nitrogen and oxygen atoms in total. The number of anilines is 1. The van der Waals surface area contributed by atoms with Crippen LogP contribution in [0.3, 0.4) is 0 Å². The van der Waals surface area contributed by atoms with E-state index in [4.69, 9.17) is 4.74 Å². The lowest BCUT2D eigenvalue weighted by Gasteiger charge is -2.15. The molecule has 0 radical (unpaired) electrons. The van der Waals surface area contributed by atoms with Crippen LogP contribution < -0.4 is 15.4 Å². The summed E-state index contributed by atoms with van der Waals surface area (Å²) in [6, 6.07) is 10.2. The minimum Gasteiger partial charge on any atom is -0.478 e. The van der Waals surface area contributed by atoms with E-state index in [-0.39, 0.29) is 29.0 Å². The van der Waals surface area contributed by atoms with Crippen molar-refractivity contribution in [3.8, 4) is 16.9 Å². The molecular weight excluding hydrogens is 500 g/mol. The summed E-state index contributed by atoms with van der Waals surface area (Å²) in [7, 11) is 1.23. The molecular formula is C26H20N2O10. The smallest absolute Gasteiger partial charge is 0.336 e. The number of aromatic carboxylic acids is 3. The number of benzene rings is 3. The third-order valence-electron chi connectivity index (χ3n) is 5.45. The molecule has 0 aliphatic rings. The number of ether oxygens (including phenoxy) is 1. The molecule has 0 atom stereocenters. The van der Waals surface area contributed by atoms with Crippen molar-refractivity contribution in [2.75, 3.05) is 12.4 Å². The van der Waals surface area contributed by atoms with E-state index in [1.165, 1.54) is 19.2 Å². The Labute approximate surface area is 214 Å². The van der Waals surface area contributed by atoms with Crippen molar-refractivity contribution in [2.45, 2.75) is 6.92 Å². The molecule has 0 aliphatic heterocycles. The van der Waals surface area contributed by atoms with Crippen LogP contribution in [0.1, 0.15) is 57.4 Å². The van der Waals surface area contributed by atoms with Gasteiger partial charge in [0.05, 0.1) is 27.8 Å². The second kappa shape index (κ2) is 11.0. The van der Waals surface area contributed by atoms with Gasteiger partial charge in [-0.05, 0) is 42.8 Å². The van der Waals surface area contributed by atoms with E-state index >= 15 is 0 Å². The molecule has 0 unspecified atom stereocenters. The fourth-order valence-electron chi connectivity index (χ4n) is 3.70. The summed E-state index contributed by atoms with van der Waals surface area (Å²) >= 11 is 0. The molecule has 0 spiro atoms. The van der Waals surface area contributed by atoms with Gasteiger partial charge in [0.2, 0.25) is 0 Å². The summed E-state index contributed by atoms with van der Waals surface area (Å²) in [5, 5.41) is 33.3. The largest absolute Gasteiger partial charge is 0.478 e. The second-order valence-electron chi connectivity index (χ2n) is 7.87. The monoisotopic (exact) mass is 520 g/mol. The number of carboxylic acid groups (broad SMARTS) is 3. The molecule has 12 heteroatoms. The molecule has 3 aromatic rings. The molecule has 194 valence electrons. The summed E-state index contributed by atoms with van der Waals surface area (Å²) in [6.07, 6.45) is 0. The Balaban J connectivity index is 2.09. The van der Waals surface area contributed by atoms with Crippen LogP contribution in [0.4, 0.5) is 5.69 Å². The van der Waals surface area contributed by atoms with Crippen LogP contribution in [0.15, 0.2) is 48.5 Å². The fraction of sp³-hybridized carbons (Fsp3) is 0.0769. The molecule has 2 amide bonds. The minimum atomic E-state index is -1.62. The number of nitrogens with one attached hydrogen (secondary N) is 2. The van der Waals surface area contributed by atoms with Crippen molar-refractivity contribution in [2.24, 2.45) is 0 Å². The highest BCUT2D eigenvalue weighted by Crippen LogP contribution is 2.35. The van der Waals surface area contributed by atoms with E-state index in [1.54, 1.807) is 25.1 Å². The number of amides is 2. The zero-order chi connectivity index (χ0) is 28.1. The van der Waals surface area contributed by atoms with E-state index in [1.807, 2.05) is 0 Å². The normalized spacial score (nSPS) is 10.3. The Morgan fingerprint density at radius 2 is 1.26 bits per heavy atom. The van der Waals surface area contributed by atoms with Crippen LogP contribution in [-0.4, -0.2) is 58.6 Å². The Hall–Kier alpha value is -5.52. The van der Waals surface area contributed by atoms with Gasteiger partial charge in [-0.15, -0.1) is 0 Å². The predicted octanol–water partition coefficient (Wildman–Crippen LogP) is 2.90. The lowest BCUT2D eigenvalue weighted by atomic mass is 9.96. The van der Waals surface area contributed by atoms with Crippen molar-refractivity contribution < 1.29 is 48.8 Å². The molecule has 3 aromatic carbocycles. The van der Waals surface area contributed by atoms with Gasteiger partial charge >= 0.3 is 17.9 Å². The number of carbonyl (C=O) groups is 6. The molecule has 0 heterocycles. The van der Waals surface area contributed by atoms with Crippen molar-refractivity contribution in [3.05, 3.63) is 81.9 Å². The topological polar surface area (TPSA) is 196 Å². The van der Waals surface area contributed by atoms with E-state index in [0.29, 0.717) is 11.6 Å². The molecule has 0 aromatic heterocycles. The van der Waals surface area contributed by atoms with Crippen molar-refractivity contribution in [3.63, 3.8) is 0 Å². The first-order chi connectivity index (χ1) is 18.0. The van der Waals surface area contributed by atoms with Crippen LogP contribution in [0.25, 0.3) is 11.1 Å². The minimum absolute atomic E-state index is 0.0405. The number of carbonyl (C=O) groups excluding carboxylic acids is 3. The lowest BCUT2D eigenvalue weighted by Crippen LogP contribution is -2.24. The van der Waals surface area contributed by atoms with Crippen LogP contribution in [0.2, 0.25) is 0 Å². The molecule has 0 saturated carbocycles. The van der Waals surface area contributed by atoms with Gasteiger partial charge in [0, 0.05) is 23.9 Å². The van der Waals surface area contributed by atoms with Gasteiger partial charge in [-0.3, -0.25) is 14.4 Å². The van der Waals surface area contributed by atoms with Crippen molar-refractivity contribution in [1.82, 2.24) is 5.32 Å². The molecule has 0 aliphatic carbocycles. The van der Waals surface area contributed by atoms with Gasteiger partial charge in [-0.25, -0.2) is 14.4 Å². The lowest BCUT2D eigenvalue weighted by molar-refractivity contribution is -0.120. The highest BCUT2D eigenvalue weighted by molar-refractivity contribution is 6.15. The van der Waals surface area contributed by atoms with Crippen molar-refractivity contribution in [1.29, 1.82) is 0 Å². The fourth-order valence-corrected chi connectivity index (χ4v) is 3.70. The summed E-state index contributed by atoms with van der Waals surface area (Å²) < 4.78 is 4.99. The Bertz CT molecular complexity index is 1510. The third-order valence-corrected chi connectivity index (χ3v) is 5.45. The highest BCUT2D eigenvalue weighted by atomic mass is 16.5. The second-order valence-corrected chi connectivity index (χ2v) is 7.87. The average molecular weight is 520 g/mol. The summed E-state index contributed by atoms with van der Waals surface area (Å²) in [5.74, 6) is -6.34. The summed E-state index contributed by atoms with van der Waals surface area (Å²) in [6.45, 7) is 1.96. The van der Waals surface area contributed by atoms with Crippen molar-refractivity contribution >= 4 is 41.9 Å². The van der Waals surface area contributed by atoms with Crippen LogP contribution >= 0.6 is 0 Å². The summed E-state index contributed by atoms with van der Waals surface area (Å²) in [4.78, 5) is 71.5. The number of hydrogen-bond donors (Lipinski definition) is 5. The molecule has 0 bridgehead atoms. The average Bonchev–Trinajstić information content (AvgIpc) is 2.87. The Morgan fingerprint density at radius 3 is 1.82 bits per heavy atom. The molecule has 38 heavy (non-hydrogen) atoms. The highest BCUT2D eigenvalue weighted by Gasteiger charge is 2.26. The maximum Gasteiger partial charge on any atom is 0.336 e. The predicted molar refractivity (Wildman–Crippen MR) is 132 cm³/mol. The van der Waals surface area contributed by atoms with E-state index in [2.05, 4.69) is 10.6 Å². The maximum atomic E-state index is 13.0. The quantitative estimate of drug-likeness (QED) is 0.262. The first-order valence-corrected chi connectivity index (χ1v) is 10.7. The van der Waals surface area contributed by atoms with Crippen LogP contribution in [0.5, 0.6) is 5.75 Å². The van der Waals surface area contributed by atoms with E-state index in [0.717, 1.165) is 17.7 Å². The van der Waals surface area contributed by atoms with E-state index < -0.39 is 52.0 Å². The Morgan fingerprint density at radius 1 is 0.711 bits per heavy atom. The first kappa shape index (κ1) is 27.1. The van der Waals surface area contributed by atoms with Gasteiger partial charge in [-0.2, -0.15) is 0 Å². The van der Waals surface area contributed by atoms with Crippen LogP contribution in [-0.2, 0) is 4.79 Å². The molecule has 0 saturated heterocycles. The zero-order valence-corrected chi connectivity index (χ0v) is 19.9. The number of aryl methyl sites for hydroxylation is 1. The number of carboxylic acids is 3. The summed E-state index contributed by atoms with van der Waals surface area (Å²) in [5.41, 5.74) is -1.36. The molecule has 3 rings (SSSR count).